The molecule has 0 saturated carbocycles. The quantitative estimate of drug-likeness (QED) is 0.238. The Morgan fingerprint density at radius 2 is 2.02 bits per heavy atom. The number of aryl methyl sites for hydroxylation is 2. The summed E-state index contributed by atoms with van der Waals surface area (Å²) in [5, 5.41) is 18.7. The van der Waals surface area contributed by atoms with E-state index in [1.54, 1.807) is 0 Å². The Morgan fingerprint density at radius 3 is 2.69 bits per heavy atom. The fourth-order valence-electron chi connectivity index (χ4n) is 5.84. The zero-order valence-corrected chi connectivity index (χ0v) is 25.0. The number of allylic oxidation sites excluding steroid dienone is 6. The van der Waals surface area contributed by atoms with Gasteiger partial charge in [0, 0.05) is 30.3 Å². The van der Waals surface area contributed by atoms with Gasteiger partial charge in [0.05, 0.1) is 5.41 Å². The number of nitrogens with two attached hydrogens (primary N) is 2. The number of H-pyrrole nitrogens is 1. The molecule has 4 rings (SSSR count). The van der Waals surface area contributed by atoms with Gasteiger partial charge in [0.15, 0.2) is 5.82 Å². The minimum absolute atomic E-state index is 0.0804. The molecule has 1 aliphatic carbocycles. The summed E-state index contributed by atoms with van der Waals surface area (Å²) in [5.41, 5.74) is 20.3. The maximum Gasteiger partial charge on any atom is 0.251 e. The number of benzene rings is 2. The van der Waals surface area contributed by atoms with E-state index < -0.39 is 5.41 Å². The first-order valence-corrected chi connectivity index (χ1v) is 14.7. The molecule has 220 valence electrons. The van der Waals surface area contributed by atoms with E-state index in [1.165, 1.54) is 11.1 Å². The van der Waals surface area contributed by atoms with E-state index in [-0.39, 0.29) is 11.9 Å². The first kappa shape index (κ1) is 30.7. The molecule has 3 aromatic rings. The number of amides is 1. The minimum Gasteiger partial charge on any atom is -0.402 e. The second kappa shape index (κ2) is 14.0. The smallest absolute Gasteiger partial charge is 0.251 e. The lowest BCUT2D eigenvalue weighted by Crippen LogP contribution is -2.40. The fraction of sp³-hybridized carbons (Fsp3) is 0.353. The molecule has 0 bridgehead atoms. The van der Waals surface area contributed by atoms with Crippen LogP contribution in [0.25, 0.3) is 0 Å². The summed E-state index contributed by atoms with van der Waals surface area (Å²) in [4.78, 5) is 12.8. The maximum atomic E-state index is 12.8. The van der Waals surface area contributed by atoms with Gasteiger partial charge in [-0.05, 0) is 87.3 Å². The number of rotatable bonds is 11. The van der Waals surface area contributed by atoms with Crippen LogP contribution in [0.2, 0.25) is 0 Å². The van der Waals surface area contributed by atoms with Crippen LogP contribution >= 0.6 is 0 Å². The first-order valence-electron chi connectivity index (χ1n) is 14.7. The van der Waals surface area contributed by atoms with Crippen LogP contribution in [0, 0.1) is 6.92 Å². The van der Waals surface area contributed by atoms with Gasteiger partial charge in [-0.1, -0.05) is 77.6 Å². The van der Waals surface area contributed by atoms with Gasteiger partial charge in [0.25, 0.3) is 5.91 Å². The number of tetrazole rings is 1. The number of nitrogens with one attached hydrogen (secondary N) is 2. The molecule has 0 fully saturated rings. The molecule has 2 aromatic carbocycles. The van der Waals surface area contributed by atoms with Crippen molar-refractivity contribution in [2.24, 2.45) is 11.5 Å². The molecule has 0 saturated heterocycles. The van der Waals surface area contributed by atoms with Crippen molar-refractivity contribution < 1.29 is 4.79 Å². The number of hydrogen-bond acceptors (Lipinski definition) is 6. The normalized spacial score (nSPS) is 19.3. The number of hydrogen-bond donors (Lipinski definition) is 4. The van der Waals surface area contributed by atoms with E-state index >= 15 is 0 Å². The molecule has 42 heavy (non-hydrogen) atoms. The fourth-order valence-corrected chi connectivity index (χ4v) is 5.84. The largest absolute Gasteiger partial charge is 0.402 e. The van der Waals surface area contributed by atoms with Crippen LogP contribution < -0.4 is 16.8 Å². The Hall–Kier alpha value is -4.30. The maximum absolute atomic E-state index is 12.8. The molecule has 1 amide bonds. The lowest BCUT2D eigenvalue weighted by atomic mass is 9.67. The summed E-state index contributed by atoms with van der Waals surface area (Å²) in [6, 6.07) is 14.3. The van der Waals surface area contributed by atoms with Crippen LogP contribution in [0.5, 0.6) is 0 Å². The predicted octanol–water partition coefficient (Wildman–Crippen LogP) is 5.13. The molecule has 0 radical (unpaired) electrons. The van der Waals surface area contributed by atoms with E-state index in [0.29, 0.717) is 49.3 Å². The molecule has 8 nitrogen and oxygen atoms in total. The summed E-state index contributed by atoms with van der Waals surface area (Å²) in [6.45, 7) is 10.4. The molecule has 6 N–H and O–H groups in total. The standard InChI is InChI=1S/C34H43N7O/c1-5-25(18-24(4)35)14-15-27-8-7-9-28-20-29(32(42)37-6-2)16-17-31(28)34(21-27,33-38-40-41-39-33)22-30(36)19-26-12-10-23(3)11-13-26/h5,8,10-17,20,30H,4,6-7,9,18-19,21-22,35-36H2,1-3H3,(H,37,42)(H,38,39,40,41)/b15-14-,25-5+,27-8-/t30-,34?/m1/s1. The average Bonchev–Trinajstić information content (AvgIpc) is 3.50. The molecule has 1 unspecified atom stereocenters. The predicted molar refractivity (Wildman–Crippen MR) is 169 cm³/mol. The molecular weight excluding hydrogens is 522 g/mol. The van der Waals surface area contributed by atoms with E-state index in [9.17, 15) is 4.79 Å². The van der Waals surface area contributed by atoms with Crippen LogP contribution in [0.15, 0.2) is 90.2 Å². The Morgan fingerprint density at radius 1 is 1.24 bits per heavy atom. The molecular formula is C34H43N7O. The van der Waals surface area contributed by atoms with Gasteiger partial charge in [0.2, 0.25) is 0 Å². The lowest BCUT2D eigenvalue weighted by Gasteiger charge is -2.37. The van der Waals surface area contributed by atoms with Crippen LogP contribution in [-0.4, -0.2) is 39.1 Å². The van der Waals surface area contributed by atoms with E-state index in [2.05, 4.69) is 94.1 Å². The summed E-state index contributed by atoms with van der Waals surface area (Å²) in [5.74, 6) is 0.514. The Kier molecular flexibility index (Phi) is 10.3. The second-order valence-corrected chi connectivity index (χ2v) is 11.2. The van der Waals surface area contributed by atoms with E-state index in [4.69, 9.17) is 11.5 Å². The molecule has 0 spiro atoms. The second-order valence-electron chi connectivity index (χ2n) is 11.2. The van der Waals surface area contributed by atoms with Crippen LogP contribution in [0.1, 0.15) is 78.0 Å². The Bertz CT molecular complexity index is 1470. The van der Waals surface area contributed by atoms with Crippen molar-refractivity contribution in [1.82, 2.24) is 25.9 Å². The van der Waals surface area contributed by atoms with Crippen LogP contribution in [-0.2, 0) is 18.3 Å². The molecule has 1 aliphatic rings. The first-order chi connectivity index (χ1) is 20.2. The topological polar surface area (TPSA) is 136 Å². The number of aromatic nitrogens is 4. The van der Waals surface area contributed by atoms with Gasteiger partial charge in [-0.2, -0.15) is 5.21 Å². The SMILES string of the molecule is C=C(N)CC(/C=C\C1=C\CCc2cc(C(=O)NCC)ccc2C(C[C@H](N)Cc2ccc(C)cc2)(c2nn[nH]n2)C1)=C/C. The monoisotopic (exact) mass is 565 g/mol. The Labute approximate surface area is 249 Å². The summed E-state index contributed by atoms with van der Waals surface area (Å²) < 4.78 is 0. The average molecular weight is 566 g/mol. The highest BCUT2D eigenvalue weighted by Crippen LogP contribution is 2.44. The number of nitrogens with zero attached hydrogens (tertiary/aromatic N) is 3. The van der Waals surface area contributed by atoms with Gasteiger partial charge in [-0.15, -0.1) is 10.2 Å². The highest BCUT2D eigenvalue weighted by atomic mass is 16.1. The molecule has 0 aliphatic heterocycles. The van der Waals surface area contributed by atoms with Gasteiger partial charge in [-0.3, -0.25) is 4.79 Å². The van der Waals surface area contributed by atoms with Crippen molar-refractivity contribution in [2.45, 2.75) is 70.8 Å². The Balaban J connectivity index is 1.81. The van der Waals surface area contributed by atoms with Crippen molar-refractivity contribution in [1.29, 1.82) is 0 Å². The van der Waals surface area contributed by atoms with E-state index in [0.717, 1.165) is 35.1 Å². The third kappa shape index (κ3) is 7.50. The van der Waals surface area contributed by atoms with Gasteiger partial charge in [0.1, 0.15) is 0 Å². The zero-order chi connectivity index (χ0) is 30.1. The number of carbonyl (C=O) groups is 1. The number of aromatic amines is 1. The highest BCUT2D eigenvalue weighted by Gasteiger charge is 2.42. The lowest BCUT2D eigenvalue weighted by molar-refractivity contribution is 0.0955. The summed E-state index contributed by atoms with van der Waals surface area (Å²) in [7, 11) is 0. The molecule has 1 aromatic heterocycles. The third-order valence-corrected chi connectivity index (χ3v) is 7.86. The summed E-state index contributed by atoms with van der Waals surface area (Å²) >= 11 is 0. The number of carbonyl (C=O) groups excluding carboxylic acids is 1. The minimum atomic E-state index is -0.670. The zero-order valence-electron chi connectivity index (χ0n) is 25.0. The van der Waals surface area contributed by atoms with Crippen molar-refractivity contribution >= 4 is 5.91 Å². The van der Waals surface area contributed by atoms with Gasteiger partial charge < -0.3 is 16.8 Å². The van der Waals surface area contributed by atoms with Crippen molar-refractivity contribution in [3.63, 3.8) is 0 Å². The molecule has 2 atom stereocenters. The third-order valence-electron chi connectivity index (χ3n) is 7.86. The van der Waals surface area contributed by atoms with Gasteiger partial charge >= 0.3 is 0 Å². The van der Waals surface area contributed by atoms with Crippen LogP contribution in [0.4, 0.5) is 0 Å². The van der Waals surface area contributed by atoms with Crippen LogP contribution in [0.3, 0.4) is 0 Å². The van der Waals surface area contributed by atoms with Crippen molar-refractivity contribution in [3.05, 3.63) is 124 Å². The molecule has 1 heterocycles. The van der Waals surface area contributed by atoms with Crippen molar-refractivity contribution in [3.8, 4) is 0 Å². The number of fused-ring (bicyclic) bond motifs is 1. The van der Waals surface area contributed by atoms with E-state index in [1.807, 2.05) is 26.0 Å². The highest BCUT2D eigenvalue weighted by molar-refractivity contribution is 5.94. The molecule has 8 heteroatoms. The van der Waals surface area contributed by atoms with Crippen molar-refractivity contribution in [2.75, 3.05) is 6.54 Å². The summed E-state index contributed by atoms with van der Waals surface area (Å²) in [6.07, 6.45) is 12.7. The van der Waals surface area contributed by atoms with Gasteiger partial charge in [-0.25, -0.2) is 0 Å².